The van der Waals surface area contributed by atoms with Crippen LogP contribution in [0.4, 0.5) is 49.5 Å². The number of hydrogen-bond donors (Lipinski definition) is 7. The third kappa shape index (κ3) is 15.0. The molecule has 6 bridgehead atoms. The third-order valence-electron chi connectivity index (χ3n) is 28.5. The minimum atomic E-state index is -0.677. The van der Waals surface area contributed by atoms with Gasteiger partial charge in [0, 0.05) is 145 Å². The molecule has 1 amide bonds. The SMILES string of the molecule is CC1C2CCC(CC2)C1Nc1cc(-c2ccc3c(c2)Oc2ccccc2NC3=O)nc(-c2c[nH]c3c(F)cc(F)cc23)n1.C[C@@H]1C2CCC(CC2)[C@H]1Nc1cc(-c2ccc3c(c2)Oc2ccccc2C=C3)nc(-c2c[nH]c3c(F)cc(F)cc23)n1.C[C@H]1C2CCC(CC2)[C@@H]1Nc1cc(-c2ccc3c(c2)Oc2ccccc2C=C3)nc(-c2c[nH]c3c(F)cc(F)cc23)n1. The van der Waals surface area contributed by atoms with Gasteiger partial charge in [0.25, 0.3) is 5.91 Å². The van der Waals surface area contributed by atoms with Crippen molar-refractivity contribution in [3.63, 3.8) is 0 Å². The largest absolute Gasteiger partial charge is 0.456 e. The molecule has 3 aliphatic heterocycles. The number of rotatable bonds is 12. The molecule has 6 aromatic heterocycles. The van der Waals surface area contributed by atoms with E-state index in [1.165, 1.54) is 95.2 Å². The number of carbonyl (C=O) groups excluding carboxylic acids is 1. The molecular weight excluding hydrogens is 1610 g/mol. The highest BCUT2D eigenvalue weighted by atomic mass is 19.2. The summed E-state index contributed by atoms with van der Waals surface area (Å²) < 4.78 is 106. The topological polar surface area (TPSA) is 218 Å². The molecule has 9 fully saturated rings. The van der Waals surface area contributed by atoms with Crippen molar-refractivity contribution in [2.75, 3.05) is 21.3 Å². The number of H-pyrrole nitrogens is 3. The van der Waals surface area contributed by atoms with E-state index in [9.17, 15) is 31.1 Å². The summed E-state index contributed by atoms with van der Waals surface area (Å²) in [6.07, 6.45) is 28.2. The Labute approximate surface area is 728 Å². The maximum Gasteiger partial charge on any atom is 0.259 e. The van der Waals surface area contributed by atoms with Gasteiger partial charge in [0.15, 0.2) is 23.2 Å². The molecule has 9 heterocycles. The molecule has 17 nitrogen and oxygen atoms in total. The summed E-state index contributed by atoms with van der Waals surface area (Å²) in [6, 6.07) is 54.0. The first-order valence-corrected chi connectivity index (χ1v) is 44.2. The number of carbonyl (C=O) groups is 1. The van der Waals surface area contributed by atoms with Crippen LogP contribution in [-0.2, 0) is 0 Å². The lowest BCUT2D eigenvalue weighted by atomic mass is 9.62. The van der Waals surface area contributed by atoms with Crippen LogP contribution in [0.1, 0.15) is 130 Å². The molecular formula is C104H89F6N13O4. The number of aromatic nitrogens is 9. The van der Waals surface area contributed by atoms with Crippen molar-refractivity contribution >= 4 is 86.1 Å². The standard InChI is InChI=1S/2C35H30F2N4O.C34H29F2N5O2/c2*1-19-20-6-11-23(12-7-20)33(19)40-32-17-29(39-35(41-32)27-18-38-34-26(27)15-25(36)16-28(34)37)24-13-10-22-9-8-21-4-2-3-5-30(21)42-31(22)14-24;1-17-18-6-8-19(9-7-18)31(17)40-30-15-27(38-33(41-30)24-16-37-32-23(24)13-21(35)14-25(32)36)20-10-11-22-29(12-20)43-28-5-3-2-4-26(28)39-34(22)42/h2*2-5,8-10,13-20,23,33,38H,6-7,11-12H2,1H3,(H,39,40,41);2-5,10-19,31,37H,6-9H2,1H3,(H,39,42)(H,38,40,41)/t2*19-,20?,23?,33+;/m10./s1. The number of benzene rings is 9. The molecule has 636 valence electrons. The van der Waals surface area contributed by atoms with Crippen molar-refractivity contribution in [1.29, 1.82) is 0 Å². The zero-order valence-electron chi connectivity index (χ0n) is 69.9. The van der Waals surface area contributed by atoms with Crippen molar-refractivity contribution in [1.82, 2.24) is 44.9 Å². The molecule has 9 saturated carbocycles. The van der Waals surface area contributed by atoms with Crippen LogP contribution >= 0.6 is 0 Å². The molecule has 6 atom stereocenters. The van der Waals surface area contributed by atoms with Crippen LogP contribution in [0.5, 0.6) is 34.5 Å². The van der Waals surface area contributed by atoms with Crippen LogP contribution in [0.3, 0.4) is 0 Å². The molecule has 0 radical (unpaired) electrons. The number of halogens is 6. The van der Waals surface area contributed by atoms with E-state index in [4.69, 9.17) is 44.1 Å². The summed E-state index contributed by atoms with van der Waals surface area (Å²) in [4.78, 5) is 51.3. The minimum Gasteiger partial charge on any atom is -0.456 e. The normalized spacial score (nSPS) is 22.4. The molecule has 2 unspecified atom stereocenters. The second-order valence-corrected chi connectivity index (χ2v) is 35.8. The van der Waals surface area contributed by atoms with Gasteiger partial charge in [0.05, 0.1) is 44.9 Å². The van der Waals surface area contributed by atoms with E-state index >= 15 is 0 Å². The highest BCUT2D eigenvalue weighted by Gasteiger charge is 2.45. The predicted octanol–water partition coefficient (Wildman–Crippen LogP) is 26.3. The molecule has 0 saturated heterocycles. The van der Waals surface area contributed by atoms with Gasteiger partial charge in [-0.1, -0.05) is 124 Å². The molecule has 0 spiro atoms. The van der Waals surface area contributed by atoms with Crippen LogP contribution < -0.4 is 35.5 Å². The molecule has 127 heavy (non-hydrogen) atoms. The lowest BCUT2D eigenvalue weighted by Gasteiger charge is -2.47. The molecule has 9 aromatic carbocycles. The lowest BCUT2D eigenvalue weighted by Crippen LogP contribution is -2.47. The number of ether oxygens (including phenoxy) is 3. The van der Waals surface area contributed by atoms with Crippen LogP contribution in [0.15, 0.2) is 201 Å². The number of anilines is 4. The maximum atomic E-state index is 14.6. The van der Waals surface area contributed by atoms with Crippen LogP contribution in [-0.4, -0.2) is 68.9 Å². The van der Waals surface area contributed by atoms with E-state index < -0.39 is 34.9 Å². The van der Waals surface area contributed by atoms with Gasteiger partial charge in [0.1, 0.15) is 81.1 Å². The zero-order valence-corrected chi connectivity index (χ0v) is 69.9. The minimum absolute atomic E-state index is 0.196. The smallest absolute Gasteiger partial charge is 0.259 e. The summed E-state index contributed by atoms with van der Waals surface area (Å²) in [6.45, 7) is 7.00. The van der Waals surface area contributed by atoms with Crippen LogP contribution in [0.2, 0.25) is 0 Å². The summed E-state index contributed by atoms with van der Waals surface area (Å²) in [7, 11) is 0. The van der Waals surface area contributed by atoms with Crippen molar-refractivity contribution in [2.24, 2.45) is 53.3 Å². The van der Waals surface area contributed by atoms with Crippen molar-refractivity contribution in [3.8, 4) is 102 Å². The Morgan fingerprint density at radius 1 is 0.323 bits per heavy atom. The first kappa shape index (κ1) is 79.1. The molecule has 15 aromatic rings. The van der Waals surface area contributed by atoms with Gasteiger partial charge in [-0.3, -0.25) is 4.79 Å². The Morgan fingerprint density at radius 2 is 0.646 bits per heavy atom. The Kier molecular flexibility index (Phi) is 20.1. The van der Waals surface area contributed by atoms with Crippen LogP contribution in [0.25, 0.3) is 125 Å². The van der Waals surface area contributed by atoms with E-state index in [0.29, 0.717) is 167 Å². The first-order chi connectivity index (χ1) is 61.9. The Morgan fingerprint density at radius 3 is 1.02 bits per heavy atom. The second-order valence-electron chi connectivity index (χ2n) is 35.8. The monoisotopic (exact) mass is 1700 g/mol. The number of hydrogen-bond acceptors (Lipinski definition) is 13. The number of fused-ring (bicyclic) bond motifs is 18. The highest BCUT2D eigenvalue weighted by molar-refractivity contribution is 6.08. The summed E-state index contributed by atoms with van der Waals surface area (Å²) in [5.41, 5.74) is 11.7. The van der Waals surface area contributed by atoms with Gasteiger partial charge in [-0.15, -0.1) is 0 Å². The van der Waals surface area contributed by atoms with Gasteiger partial charge in [-0.25, -0.2) is 56.2 Å². The van der Waals surface area contributed by atoms with Crippen molar-refractivity contribution in [3.05, 3.63) is 263 Å². The Balaban J connectivity index is 0.000000112. The van der Waals surface area contributed by atoms with Crippen molar-refractivity contribution in [2.45, 2.75) is 116 Å². The summed E-state index contributed by atoms with van der Waals surface area (Å²) in [5, 5.41) is 15.4. The third-order valence-corrected chi connectivity index (χ3v) is 28.5. The van der Waals surface area contributed by atoms with E-state index in [1.54, 1.807) is 42.9 Å². The quantitative estimate of drug-likeness (QED) is 0.0567. The first-order valence-electron chi connectivity index (χ1n) is 44.2. The summed E-state index contributed by atoms with van der Waals surface area (Å²) >= 11 is 0. The number of nitrogens with one attached hydrogen (secondary N) is 7. The van der Waals surface area contributed by atoms with Gasteiger partial charge < -0.3 is 50.4 Å². The predicted molar refractivity (Wildman–Crippen MR) is 485 cm³/mol. The Hall–Kier alpha value is -13.8. The van der Waals surface area contributed by atoms with Gasteiger partial charge >= 0.3 is 0 Å². The Bertz CT molecular complexity index is 6680. The molecule has 12 aliphatic rings. The van der Waals surface area contributed by atoms with Gasteiger partial charge in [-0.05, 0) is 197 Å². The van der Waals surface area contributed by atoms with E-state index in [-0.39, 0.29) is 28.5 Å². The van der Waals surface area contributed by atoms with Gasteiger partial charge in [0.2, 0.25) is 0 Å². The molecule has 7 N–H and O–H groups in total. The maximum absolute atomic E-state index is 14.6. The number of para-hydroxylation sites is 4. The highest BCUT2D eigenvalue weighted by Crippen LogP contribution is 2.51. The summed E-state index contributed by atoms with van der Waals surface area (Å²) in [5.74, 6) is 8.56. The van der Waals surface area contributed by atoms with Crippen LogP contribution in [0, 0.1) is 88.2 Å². The lowest BCUT2D eigenvalue weighted by molar-refractivity contribution is 0.0928. The fraction of sp³-hybridized carbons (Fsp3) is 0.260. The fourth-order valence-electron chi connectivity index (χ4n) is 21.7. The average Bonchev–Trinajstić information content (AvgIpc) is 1.69. The molecule has 9 aliphatic carbocycles. The van der Waals surface area contributed by atoms with E-state index in [2.05, 4.69) is 81.3 Å². The fourth-order valence-corrected chi connectivity index (χ4v) is 21.7. The second kappa shape index (κ2) is 32.3. The zero-order chi connectivity index (χ0) is 86.0. The number of nitrogens with zero attached hydrogens (tertiary/aromatic N) is 6. The average molecular weight is 1700 g/mol. The van der Waals surface area contributed by atoms with E-state index in [1.807, 2.05) is 121 Å². The van der Waals surface area contributed by atoms with E-state index in [0.717, 1.165) is 86.4 Å². The van der Waals surface area contributed by atoms with Gasteiger partial charge in [-0.2, -0.15) is 0 Å². The van der Waals surface area contributed by atoms with Crippen molar-refractivity contribution < 1.29 is 45.3 Å². The number of aromatic amines is 3. The molecule has 27 rings (SSSR count). The number of amides is 1. The molecule has 23 heteroatoms.